The highest BCUT2D eigenvalue weighted by Crippen LogP contribution is 2.34. The van der Waals surface area contributed by atoms with Crippen molar-refractivity contribution in [3.8, 4) is 0 Å². The minimum atomic E-state index is -3.61. The Morgan fingerprint density at radius 1 is 1.42 bits per heavy atom. The molecule has 1 saturated heterocycles. The van der Waals surface area contributed by atoms with Crippen molar-refractivity contribution in [1.82, 2.24) is 4.90 Å². The highest BCUT2D eigenvalue weighted by atomic mass is 32.2. The van der Waals surface area contributed by atoms with Crippen LogP contribution in [0.15, 0.2) is 0 Å². The number of sulfone groups is 1. The number of thioether (sulfide) groups is 1. The number of carbonyl (C=O) groups excluding carboxylic acids is 1. The maximum absolute atomic E-state index is 12.5. The van der Waals surface area contributed by atoms with Gasteiger partial charge < -0.3 is 10.0 Å². The van der Waals surface area contributed by atoms with Crippen molar-refractivity contribution in [3.05, 3.63) is 0 Å². The van der Waals surface area contributed by atoms with Crippen molar-refractivity contribution in [3.63, 3.8) is 0 Å². The molecule has 1 fully saturated rings. The number of carboxylic acids is 1. The molecule has 0 aromatic heterocycles. The smallest absolute Gasteiger partial charge is 0.327 e. The number of aliphatic carboxylic acids is 1. The monoisotopic (exact) mass is 309 g/mol. The summed E-state index contributed by atoms with van der Waals surface area (Å²) >= 11 is 1.37. The zero-order valence-electron chi connectivity index (χ0n) is 11.4. The minimum absolute atomic E-state index is 0.283. The van der Waals surface area contributed by atoms with E-state index in [0.29, 0.717) is 12.2 Å². The number of amides is 1. The van der Waals surface area contributed by atoms with Crippen LogP contribution < -0.4 is 0 Å². The Morgan fingerprint density at radius 2 is 1.95 bits per heavy atom. The van der Waals surface area contributed by atoms with Crippen LogP contribution >= 0.6 is 11.8 Å². The topological polar surface area (TPSA) is 91.8 Å². The maximum atomic E-state index is 12.5. The van der Waals surface area contributed by atoms with Crippen molar-refractivity contribution in [1.29, 1.82) is 0 Å². The second-order valence-electron chi connectivity index (χ2n) is 5.05. The lowest BCUT2D eigenvalue weighted by atomic mass is 10.1. The number of nitrogens with zero attached hydrogens (tertiary/aromatic N) is 1. The molecule has 0 aromatic rings. The van der Waals surface area contributed by atoms with Gasteiger partial charge in [0.1, 0.15) is 10.8 Å². The first-order valence-electron chi connectivity index (χ1n) is 5.90. The first-order valence-corrected chi connectivity index (χ1v) is 8.84. The first-order chi connectivity index (χ1) is 8.54. The molecule has 1 aliphatic rings. The molecule has 2 atom stereocenters. The van der Waals surface area contributed by atoms with Crippen LogP contribution in [0.1, 0.15) is 27.2 Å². The normalized spacial score (nSPS) is 24.5. The van der Waals surface area contributed by atoms with Crippen molar-refractivity contribution in [2.24, 2.45) is 0 Å². The van der Waals surface area contributed by atoms with E-state index in [1.165, 1.54) is 30.5 Å². The Balaban J connectivity index is 3.17. The second-order valence-corrected chi connectivity index (χ2v) is 8.82. The predicted molar refractivity (Wildman–Crippen MR) is 73.7 cm³/mol. The van der Waals surface area contributed by atoms with Crippen LogP contribution in [0.5, 0.6) is 0 Å². The summed E-state index contributed by atoms with van der Waals surface area (Å²) in [6, 6.07) is -0.955. The summed E-state index contributed by atoms with van der Waals surface area (Å²) in [4.78, 5) is 24.9. The number of hydrogen-bond acceptors (Lipinski definition) is 5. The van der Waals surface area contributed by atoms with Gasteiger partial charge in [0.05, 0.1) is 5.37 Å². The van der Waals surface area contributed by atoms with Gasteiger partial charge in [-0.3, -0.25) is 4.79 Å². The summed E-state index contributed by atoms with van der Waals surface area (Å²) in [7, 11) is -3.61. The highest BCUT2D eigenvalue weighted by Gasteiger charge is 2.49. The lowest BCUT2D eigenvalue weighted by Gasteiger charge is -2.33. The second kappa shape index (κ2) is 5.32. The van der Waals surface area contributed by atoms with Gasteiger partial charge in [0.2, 0.25) is 5.91 Å². The molecule has 1 rings (SSSR count). The molecular weight excluding hydrogens is 290 g/mol. The number of carbonyl (C=O) groups is 2. The van der Waals surface area contributed by atoms with E-state index in [1.54, 1.807) is 0 Å². The van der Waals surface area contributed by atoms with Crippen molar-refractivity contribution >= 4 is 33.5 Å². The molecule has 0 saturated carbocycles. The van der Waals surface area contributed by atoms with Crippen LogP contribution in [0.3, 0.4) is 0 Å². The van der Waals surface area contributed by atoms with Crippen LogP contribution in [-0.2, 0) is 19.4 Å². The molecule has 1 amide bonds. The lowest BCUT2D eigenvalue weighted by molar-refractivity contribution is -0.149. The Morgan fingerprint density at radius 3 is 2.32 bits per heavy atom. The zero-order valence-corrected chi connectivity index (χ0v) is 13.0. The van der Waals surface area contributed by atoms with E-state index in [9.17, 15) is 18.0 Å². The number of rotatable bonds is 4. The molecule has 1 N–H and O–H groups in total. The average molecular weight is 309 g/mol. The molecular formula is C11H19NO5S2. The van der Waals surface area contributed by atoms with E-state index in [1.807, 2.05) is 6.92 Å². The largest absolute Gasteiger partial charge is 0.480 e. The minimum Gasteiger partial charge on any atom is -0.480 e. The fourth-order valence-electron chi connectivity index (χ4n) is 1.81. The van der Waals surface area contributed by atoms with Gasteiger partial charge in [0, 0.05) is 12.0 Å². The Hall–Kier alpha value is -0.760. The Kier molecular flexibility index (Phi) is 4.56. The zero-order chi connectivity index (χ0) is 15.0. The van der Waals surface area contributed by atoms with Gasteiger partial charge in [-0.15, -0.1) is 11.8 Å². The Labute approximate surface area is 117 Å². The third kappa shape index (κ3) is 2.89. The average Bonchev–Trinajstić information content (AvgIpc) is 2.69. The van der Waals surface area contributed by atoms with Gasteiger partial charge in [-0.05, 0) is 20.3 Å². The van der Waals surface area contributed by atoms with Crippen LogP contribution in [-0.4, -0.2) is 58.5 Å². The summed E-state index contributed by atoms with van der Waals surface area (Å²) in [5.74, 6) is -1.44. The first kappa shape index (κ1) is 16.3. The fourth-order valence-corrected chi connectivity index (χ4v) is 3.58. The van der Waals surface area contributed by atoms with Crippen LogP contribution in [0, 0.1) is 0 Å². The van der Waals surface area contributed by atoms with Crippen LogP contribution in [0.25, 0.3) is 0 Å². The van der Waals surface area contributed by atoms with Gasteiger partial charge in [-0.2, -0.15) is 0 Å². The molecule has 0 aliphatic carbocycles. The van der Waals surface area contributed by atoms with Crippen molar-refractivity contribution < 1.29 is 23.1 Å². The quantitative estimate of drug-likeness (QED) is 0.816. The standard InChI is InChI=1S/C11H19NO5S2/c1-5-8-12(7(6-18-8)9(13)14)10(15)11(2,3)19(4,16)17/h7-8H,5-6H2,1-4H3,(H,13,14). The summed E-state index contributed by atoms with van der Waals surface area (Å²) < 4.78 is 21.8. The molecule has 1 aliphatic heterocycles. The van der Waals surface area contributed by atoms with Gasteiger partial charge >= 0.3 is 5.97 Å². The molecule has 2 unspecified atom stereocenters. The molecule has 0 aromatic carbocycles. The predicted octanol–water partition coefficient (Wildman–Crippen LogP) is 0.574. The molecule has 1 heterocycles. The van der Waals surface area contributed by atoms with E-state index in [4.69, 9.17) is 5.11 Å². The maximum Gasteiger partial charge on any atom is 0.327 e. The lowest BCUT2D eigenvalue weighted by Crippen LogP contribution is -2.55. The van der Waals surface area contributed by atoms with Gasteiger partial charge in [0.15, 0.2) is 9.84 Å². The Bertz CT molecular complexity index is 485. The highest BCUT2D eigenvalue weighted by molar-refractivity contribution is 8.00. The molecule has 6 nitrogen and oxygen atoms in total. The van der Waals surface area contributed by atoms with Crippen LogP contribution in [0.4, 0.5) is 0 Å². The summed E-state index contributed by atoms with van der Waals surface area (Å²) in [6.07, 6.45) is 1.57. The number of carboxylic acid groups (broad SMARTS) is 1. The molecule has 0 radical (unpaired) electrons. The third-order valence-corrected chi connectivity index (χ3v) is 6.89. The molecule has 110 valence electrons. The van der Waals surface area contributed by atoms with Gasteiger partial charge in [-0.1, -0.05) is 6.92 Å². The molecule has 0 spiro atoms. The van der Waals surface area contributed by atoms with E-state index >= 15 is 0 Å². The third-order valence-electron chi connectivity index (χ3n) is 3.40. The summed E-state index contributed by atoms with van der Waals surface area (Å²) in [5.41, 5.74) is 0. The SMILES string of the molecule is CCC1SCC(C(=O)O)N1C(=O)C(C)(C)S(C)(=O)=O. The summed E-state index contributed by atoms with van der Waals surface area (Å²) in [6.45, 7) is 4.48. The molecule has 8 heteroatoms. The fraction of sp³-hybridized carbons (Fsp3) is 0.818. The molecule has 19 heavy (non-hydrogen) atoms. The molecule has 0 bridgehead atoms. The van der Waals surface area contributed by atoms with E-state index in [-0.39, 0.29) is 5.37 Å². The van der Waals surface area contributed by atoms with Gasteiger partial charge in [-0.25, -0.2) is 13.2 Å². The van der Waals surface area contributed by atoms with E-state index in [0.717, 1.165) is 6.26 Å². The van der Waals surface area contributed by atoms with Crippen LogP contribution in [0.2, 0.25) is 0 Å². The van der Waals surface area contributed by atoms with Crippen molar-refractivity contribution in [2.45, 2.75) is 43.4 Å². The van der Waals surface area contributed by atoms with Crippen molar-refractivity contribution in [2.75, 3.05) is 12.0 Å². The number of hydrogen-bond donors (Lipinski definition) is 1. The summed E-state index contributed by atoms with van der Waals surface area (Å²) in [5, 5.41) is 8.87. The van der Waals surface area contributed by atoms with Gasteiger partial charge in [0.25, 0.3) is 0 Å². The van der Waals surface area contributed by atoms with E-state index < -0.39 is 32.5 Å². The van der Waals surface area contributed by atoms with E-state index in [2.05, 4.69) is 0 Å².